The molecule has 1 fully saturated rings. The molecule has 3 rings (SSSR count). The molecule has 118 valence electrons. The predicted octanol–water partition coefficient (Wildman–Crippen LogP) is 3.14. The molecule has 0 aliphatic heterocycles. The van der Waals surface area contributed by atoms with Gasteiger partial charge in [-0.05, 0) is 30.9 Å². The highest BCUT2D eigenvalue weighted by atomic mass is 19.3. The first kappa shape index (κ1) is 14.9. The van der Waals surface area contributed by atoms with E-state index in [2.05, 4.69) is 0 Å². The molecule has 0 saturated heterocycles. The van der Waals surface area contributed by atoms with E-state index in [9.17, 15) is 18.4 Å². The third-order valence-electron chi connectivity index (χ3n) is 4.44. The zero-order valence-electron chi connectivity index (χ0n) is 12.2. The van der Waals surface area contributed by atoms with E-state index in [1.807, 2.05) is 0 Å². The van der Waals surface area contributed by atoms with E-state index in [0.717, 1.165) is 36.7 Å². The summed E-state index contributed by atoms with van der Waals surface area (Å²) in [5.41, 5.74) is -1.39. The molecule has 1 aromatic heterocycles. The second kappa shape index (κ2) is 6.02. The smallest absolute Gasteiger partial charge is 0.268 e. The van der Waals surface area contributed by atoms with Gasteiger partial charge < -0.3 is 0 Å². The van der Waals surface area contributed by atoms with Crippen molar-refractivity contribution in [2.24, 2.45) is 5.92 Å². The molecule has 1 aliphatic carbocycles. The fourth-order valence-corrected chi connectivity index (χ4v) is 3.31. The Morgan fingerprint density at radius 2 is 1.77 bits per heavy atom. The maximum Gasteiger partial charge on any atom is 0.335 e. The van der Waals surface area contributed by atoms with Crippen LogP contribution in [0.3, 0.4) is 0 Å². The second-order valence-electron chi connectivity index (χ2n) is 5.87. The molecule has 22 heavy (non-hydrogen) atoms. The molecular formula is C16H18F2N2O2. The Hall–Kier alpha value is -1.98. The average molecular weight is 308 g/mol. The molecule has 0 spiro atoms. The number of halogens is 2. The number of fused-ring (bicyclic) bond motifs is 1. The molecule has 0 unspecified atom stereocenters. The fourth-order valence-electron chi connectivity index (χ4n) is 3.31. The van der Waals surface area contributed by atoms with Gasteiger partial charge in [-0.2, -0.15) is 8.78 Å². The standard InChI is InChI=1S/C16H18F2N2O2/c17-15(18)20-13-9-5-4-8-12(13)14(21)19(16(20)22)10-11-6-2-1-3-7-11/h4-5,8-9,11,15H,1-3,6-7,10H2. The summed E-state index contributed by atoms with van der Waals surface area (Å²) in [6.07, 6.45) is 5.16. The van der Waals surface area contributed by atoms with E-state index in [-0.39, 0.29) is 23.4 Å². The Labute approximate surface area is 126 Å². The maximum absolute atomic E-state index is 13.3. The number of rotatable bonds is 3. The quantitative estimate of drug-likeness (QED) is 0.874. The zero-order chi connectivity index (χ0) is 15.7. The first-order chi connectivity index (χ1) is 10.6. The number of nitrogens with zero attached hydrogens (tertiary/aromatic N) is 2. The van der Waals surface area contributed by atoms with Gasteiger partial charge >= 0.3 is 12.2 Å². The van der Waals surface area contributed by atoms with Crippen molar-refractivity contribution in [1.29, 1.82) is 0 Å². The van der Waals surface area contributed by atoms with Crippen molar-refractivity contribution < 1.29 is 8.78 Å². The molecule has 6 heteroatoms. The number of hydrogen-bond donors (Lipinski definition) is 0. The van der Waals surface area contributed by atoms with Crippen molar-refractivity contribution in [1.82, 2.24) is 9.13 Å². The van der Waals surface area contributed by atoms with Crippen molar-refractivity contribution in [3.63, 3.8) is 0 Å². The van der Waals surface area contributed by atoms with E-state index >= 15 is 0 Å². The maximum atomic E-state index is 13.3. The molecule has 2 aromatic rings. The van der Waals surface area contributed by atoms with Crippen LogP contribution in [-0.4, -0.2) is 9.13 Å². The van der Waals surface area contributed by atoms with E-state index in [0.29, 0.717) is 4.57 Å². The summed E-state index contributed by atoms with van der Waals surface area (Å²) in [6, 6.07) is 6.04. The van der Waals surface area contributed by atoms with Crippen LogP contribution < -0.4 is 11.2 Å². The van der Waals surface area contributed by atoms with Crippen LogP contribution in [0.5, 0.6) is 0 Å². The molecule has 1 aliphatic rings. The summed E-state index contributed by atoms with van der Waals surface area (Å²) in [4.78, 5) is 24.9. The van der Waals surface area contributed by atoms with Crippen LogP contribution in [0.25, 0.3) is 10.9 Å². The fraction of sp³-hybridized carbons (Fsp3) is 0.500. The molecule has 0 bridgehead atoms. The van der Waals surface area contributed by atoms with Gasteiger partial charge in [0.05, 0.1) is 10.9 Å². The first-order valence-electron chi connectivity index (χ1n) is 7.62. The summed E-state index contributed by atoms with van der Waals surface area (Å²) in [5, 5.41) is 0.165. The van der Waals surface area contributed by atoms with Crippen LogP contribution >= 0.6 is 0 Å². The molecule has 0 atom stereocenters. The minimum Gasteiger partial charge on any atom is -0.268 e. The van der Waals surface area contributed by atoms with E-state index in [4.69, 9.17) is 0 Å². The van der Waals surface area contributed by atoms with Crippen LogP contribution in [0.15, 0.2) is 33.9 Å². The van der Waals surface area contributed by atoms with Gasteiger partial charge in [0.2, 0.25) is 0 Å². The van der Waals surface area contributed by atoms with Crippen molar-refractivity contribution in [2.45, 2.75) is 45.2 Å². The van der Waals surface area contributed by atoms with Crippen LogP contribution in [-0.2, 0) is 6.54 Å². The van der Waals surface area contributed by atoms with Crippen LogP contribution in [0.2, 0.25) is 0 Å². The van der Waals surface area contributed by atoms with Crippen molar-refractivity contribution in [3.05, 3.63) is 45.1 Å². The molecule has 0 N–H and O–H groups in total. The molecular weight excluding hydrogens is 290 g/mol. The monoisotopic (exact) mass is 308 g/mol. The van der Waals surface area contributed by atoms with Crippen LogP contribution in [0.4, 0.5) is 8.78 Å². The summed E-state index contributed by atoms with van der Waals surface area (Å²) in [5.74, 6) is 0.214. The Morgan fingerprint density at radius 1 is 1.09 bits per heavy atom. The van der Waals surface area contributed by atoms with Crippen molar-refractivity contribution in [2.75, 3.05) is 0 Å². The average Bonchev–Trinajstić information content (AvgIpc) is 2.52. The lowest BCUT2D eigenvalue weighted by molar-refractivity contribution is 0.0677. The van der Waals surface area contributed by atoms with Gasteiger partial charge in [-0.15, -0.1) is 0 Å². The number of benzene rings is 1. The minimum atomic E-state index is -2.96. The lowest BCUT2D eigenvalue weighted by Gasteiger charge is -2.22. The molecule has 1 heterocycles. The third kappa shape index (κ3) is 2.58. The molecule has 1 aromatic carbocycles. The van der Waals surface area contributed by atoms with Gasteiger partial charge in [0.1, 0.15) is 0 Å². The van der Waals surface area contributed by atoms with E-state index in [1.165, 1.54) is 12.1 Å². The third-order valence-corrected chi connectivity index (χ3v) is 4.44. The van der Waals surface area contributed by atoms with Gasteiger partial charge in [-0.25, -0.2) is 9.36 Å². The van der Waals surface area contributed by atoms with Crippen LogP contribution in [0, 0.1) is 5.92 Å². The molecule has 1 saturated carbocycles. The Morgan fingerprint density at radius 3 is 2.45 bits per heavy atom. The number of alkyl halides is 2. The Kier molecular flexibility index (Phi) is 4.09. The number of aromatic nitrogens is 2. The normalized spacial score (nSPS) is 16.5. The largest absolute Gasteiger partial charge is 0.335 e. The Balaban J connectivity index is 2.17. The van der Waals surface area contributed by atoms with Gasteiger partial charge in [0, 0.05) is 6.54 Å². The van der Waals surface area contributed by atoms with Gasteiger partial charge in [-0.3, -0.25) is 9.36 Å². The minimum absolute atomic E-state index is 0.00704. The van der Waals surface area contributed by atoms with Gasteiger partial charge in [0.15, 0.2) is 0 Å². The summed E-state index contributed by atoms with van der Waals surface area (Å²) >= 11 is 0. The second-order valence-corrected chi connectivity index (χ2v) is 5.87. The van der Waals surface area contributed by atoms with Gasteiger partial charge in [0.25, 0.3) is 5.56 Å². The number of para-hydroxylation sites is 1. The van der Waals surface area contributed by atoms with E-state index in [1.54, 1.807) is 12.1 Å². The van der Waals surface area contributed by atoms with E-state index < -0.39 is 17.8 Å². The lowest BCUT2D eigenvalue weighted by atomic mass is 9.89. The molecule has 0 amide bonds. The SMILES string of the molecule is O=c1c2ccccc2n(C(F)F)c(=O)n1CC1CCCCC1. The van der Waals surface area contributed by atoms with Crippen LogP contribution in [0.1, 0.15) is 38.7 Å². The highest BCUT2D eigenvalue weighted by Gasteiger charge is 2.21. The molecule has 0 radical (unpaired) electrons. The lowest BCUT2D eigenvalue weighted by Crippen LogP contribution is -2.42. The zero-order valence-corrected chi connectivity index (χ0v) is 12.2. The van der Waals surface area contributed by atoms with Gasteiger partial charge in [-0.1, -0.05) is 31.4 Å². The summed E-state index contributed by atoms with van der Waals surface area (Å²) in [6.45, 7) is -2.73. The first-order valence-corrected chi connectivity index (χ1v) is 7.62. The highest BCUT2D eigenvalue weighted by Crippen LogP contribution is 2.24. The Bertz CT molecular complexity index is 789. The van der Waals surface area contributed by atoms with Crippen molar-refractivity contribution >= 4 is 10.9 Å². The molecule has 4 nitrogen and oxygen atoms in total. The van der Waals surface area contributed by atoms with Crippen molar-refractivity contribution in [3.8, 4) is 0 Å². The summed E-state index contributed by atoms with van der Waals surface area (Å²) < 4.78 is 28.0. The number of hydrogen-bond acceptors (Lipinski definition) is 2. The highest BCUT2D eigenvalue weighted by molar-refractivity contribution is 5.77. The summed E-state index contributed by atoms with van der Waals surface area (Å²) in [7, 11) is 0. The topological polar surface area (TPSA) is 44.0 Å². The predicted molar refractivity (Wildman–Crippen MR) is 80.3 cm³/mol.